The van der Waals surface area contributed by atoms with E-state index in [2.05, 4.69) is 26.2 Å². The van der Waals surface area contributed by atoms with E-state index in [0.717, 1.165) is 11.4 Å². The highest BCUT2D eigenvalue weighted by Gasteiger charge is 2.08. The van der Waals surface area contributed by atoms with Gasteiger partial charge in [-0.2, -0.15) is 0 Å². The first-order valence-corrected chi connectivity index (χ1v) is 6.08. The minimum Gasteiger partial charge on any atom is -0.376 e. The van der Waals surface area contributed by atoms with Crippen molar-refractivity contribution in [2.45, 2.75) is 13.0 Å². The van der Waals surface area contributed by atoms with Crippen LogP contribution in [0.5, 0.6) is 0 Å². The molecule has 88 valence electrons. The molecule has 0 radical (unpaired) electrons. The lowest BCUT2D eigenvalue weighted by atomic mass is 10.2. The number of aromatic nitrogens is 1. The molecule has 0 aliphatic carbocycles. The van der Waals surface area contributed by atoms with E-state index in [0.29, 0.717) is 4.47 Å². The van der Waals surface area contributed by atoms with E-state index in [1.807, 2.05) is 25.1 Å². The van der Waals surface area contributed by atoms with Gasteiger partial charge in [0, 0.05) is 16.4 Å². The Morgan fingerprint density at radius 3 is 2.76 bits per heavy atom. The number of pyridine rings is 1. The van der Waals surface area contributed by atoms with Crippen molar-refractivity contribution in [3.8, 4) is 0 Å². The van der Waals surface area contributed by atoms with Crippen LogP contribution in [0.15, 0.2) is 47.1 Å². The van der Waals surface area contributed by atoms with Crippen LogP contribution >= 0.6 is 15.9 Å². The molecule has 1 aromatic heterocycles. The topological polar surface area (TPSA) is 24.9 Å². The van der Waals surface area contributed by atoms with Gasteiger partial charge in [0.1, 0.15) is 5.82 Å². The molecule has 0 bridgehead atoms. The first-order valence-electron chi connectivity index (χ1n) is 5.29. The van der Waals surface area contributed by atoms with Gasteiger partial charge in [0.25, 0.3) is 0 Å². The zero-order chi connectivity index (χ0) is 12.3. The Morgan fingerprint density at radius 1 is 1.29 bits per heavy atom. The Morgan fingerprint density at radius 2 is 2.12 bits per heavy atom. The van der Waals surface area contributed by atoms with Crippen LogP contribution in [0.25, 0.3) is 0 Å². The molecule has 4 heteroatoms. The third-order valence-corrected chi connectivity index (χ3v) is 3.09. The number of anilines is 1. The molecule has 17 heavy (non-hydrogen) atoms. The number of nitrogens with zero attached hydrogens (tertiary/aromatic N) is 1. The average molecular weight is 295 g/mol. The predicted molar refractivity (Wildman–Crippen MR) is 70.4 cm³/mol. The highest BCUT2D eigenvalue weighted by atomic mass is 79.9. The summed E-state index contributed by atoms with van der Waals surface area (Å²) in [5.41, 5.74) is 1.80. The highest BCUT2D eigenvalue weighted by molar-refractivity contribution is 9.10. The molecule has 1 heterocycles. The quantitative estimate of drug-likeness (QED) is 0.919. The Bertz CT molecular complexity index is 502. The summed E-state index contributed by atoms with van der Waals surface area (Å²) in [6, 6.07) is 10.4. The number of rotatable bonds is 3. The van der Waals surface area contributed by atoms with Crippen molar-refractivity contribution in [2.75, 3.05) is 5.32 Å². The zero-order valence-corrected chi connectivity index (χ0v) is 10.9. The third kappa shape index (κ3) is 3.03. The second kappa shape index (κ2) is 5.27. The summed E-state index contributed by atoms with van der Waals surface area (Å²) in [4.78, 5) is 4.27. The van der Waals surface area contributed by atoms with Crippen LogP contribution in [0, 0.1) is 5.82 Å². The fourth-order valence-electron chi connectivity index (χ4n) is 1.55. The van der Waals surface area contributed by atoms with Gasteiger partial charge in [0.2, 0.25) is 0 Å². The van der Waals surface area contributed by atoms with Crippen molar-refractivity contribution in [3.63, 3.8) is 0 Å². The fourth-order valence-corrected chi connectivity index (χ4v) is 2.01. The summed E-state index contributed by atoms with van der Waals surface area (Å²) >= 11 is 3.33. The smallest absolute Gasteiger partial charge is 0.124 e. The van der Waals surface area contributed by atoms with Gasteiger partial charge in [0.15, 0.2) is 0 Å². The lowest BCUT2D eigenvalue weighted by Gasteiger charge is -2.15. The molecule has 0 aliphatic rings. The molecule has 0 fully saturated rings. The summed E-state index contributed by atoms with van der Waals surface area (Å²) in [7, 11) is 0. The molecule has 2 nitrogen and oxygen atoms in total. The Kier molecular flexibility index (Phi) is 3.74. The summed E-state index contributed by atoms with van der Waals surface area (Å²) in [6.07, 6.45) is 1.76. The number of halogens is 2. The van der Waals surface area contributed by atoms with Crippen LogP contribution in [0.4, 0.5) is 10.1 Å². The van der Waals surface area contributed by atoms with Gasteiger partial charge >= 0.3 is 0 Å². The van der Waals surface area contributed by atoms with E-state index >= 15 is 0 Å². The minimum atomic E-state index is -0.257. The van der Waals surface area contributed by atoms with E-state index in [1.165, 1.54) is 12.1 Å². The Labute approximate surface area is 108 Å². The van der Waals surface area contributed by atoms with Gasteiger partial charge in [-0.15, -0.1) is 0 Å². The molecule has 1 unspecified atom stereocenters. The number of hydrogen-bond donors (Lipinski definition) is 1. The maximum atomic E-state index is 12.9. The molecule has 2 rings (SSSR count). The van der Waals surface area contributed by atoms with Gasteiger partial charge in [-0.1, -0.05) is 6.07 Å². The van der Waals surface area contributed by atoms with Crippen molar-refractivity contribution in [3.05, 3.63) is 58.6 Å². The molecule has 0 saturated carbocycles. The minimum absolute atomic E-state index is 0.0676. The van der Waals surface area contributed by atoms with E-state index in [1.54, 1.807) is 12.3 Å². The molecule has 1 atom stereocenters. The predicted octanol–water partition coefficient (Wildman–Crippen LogP) is 4.16. The summed E-state index contributed by atoms with van der Waals surface area (Å²) in [5.74, 6) is -0.257. The molecular weight excluding hydrogens is 283 g/mol. The molecule has 0 spiro atoms. The third-order valence-electron chi connectivity index (χ3n) is 2.43. The van der Waals surface area contributed by atoms with Gasteiger partial charge < -0.3 is 5.32 Å². The van der Waals surface area contributed by atoms with Crippen molar-refractivity contribution in [1.82, 2.24) is 4.98 Å². The van der Waals surface area contributed by atoms with E-state index in [9.17, 15) is 4.39 Å². The van der Waals surface area contributed by atoms with Gasteiger partial charge in [-0.3, -0.25) is 4.98 Å². The van der Waals surface area contributed by atoms with Gasteiger partial charge in [-0.05, 0) is 53.2 Å². The Hall–Kier alpha value is -1.42. The number of benzene rings is 1. The largest absolute Gasteiger partial charge is 0.376 e. The summed E-state index contributed by atoms with van der Waals surface area (Å²) < 4.78 is 13.6. The average Bonchev–Trinajstić information content (AvgIpc) is 2.34. The van der Waals surface area contributed by atoms with Crippen molar-refractivity contribution in [1.29, 1.82) is 0 Å². The first kappa shape index (κ1) is 12.0. The molecule has 0 aliphatic heterocycles. The molecule has 0 saturated heterocycles. The Balaban J connectivity index is 2.16. The lowest BCUT2D eigenvalue weighted by molar-refractivity contribution is 0.627. The maximum Gasteiger partial charge on any atom is 0.124 e. The maximum absolute atomic E-state index is 12.9. The van der Waals surface area contributed by atoms with Crippen molar-refractivity contribution >= 4 is 21.6 Å². The van der Waals surface area contributed by atoms with E-state index in [-0.39, 0.29) is 11.9 Å². The van der Waals surface area contributed by atoms with E-state index in [4.69, 9.17) is 0 Å². The van der Waals surface area contributed by atoms with Crippen molar-refractivity contribution < 1.29 is 4.39 Å². The second-order valence-corrected chi connectivity index (χ2v) is 4.60. The van der Waals surface area contributed by atoms with Crippen LogP contribution in [-0.2, 0) is 0 Å². The van der Waals surface area contributed by atoms with Gasteiger partial charge in [0.05, 0.1) is 11.7 Å². The van der Waals surface area contributed by atoms with E-state index < -0.39 is 0 Å². The molecule has 2 aromatic rings. The molecular formula is C13H12BrFN2. The standard InChI is InChI=1S/C13H12BrFN2/c1-9(12-4-2-3-7-16-12)17-13-6-5-10(15)8-11(13)14/h2-9,17H,1H3. The molecule has 1 aromatic carbocycles. The lowest BCUT2D eigenvalue weighted by Crippen LogP contribution is -2.08. The molecule has 0 amide bonds. The van der Waals surface area contributed by atoms with Crippen LogP contribution in [0.2, 0.25) is 0 Å². The second-order valence-electron chi connectivity index (χ2n) is 3.74. The van der Waals surface area contributed by atoms with Crippen LogP contribution in [0.1, 0.15) is 18.7 Å². The SMILES string of the molecule is CC(Nc1ccc(F)cc1Br)c1ccccn1. The number of nitrogens with one attached hydrogen (secondary N) is 1. The number of hydrogen-bond acceptors (Lipinski definition) is 2. The zero-order valence-electron chi connectivity index (χ0n) is 9.32. The fraction of sp³-hybridized carbons (Fsp3) is 0.154. The summed E-state index contributed by atoms with van der Waals surface area (Å²) in [6.45, 7) is 2.01. The molecule has 1 N–H and O–H groups in total. The van der Waals surface area contributed by atoms with Gasteiger partial charge in [-0.25, -0.2) is 4.39 Å². The van der Waals surface area contributed by atoms with Crippen LogP contribution in [-0.4, -0.2) is 4.98 Å². The normalized spacial score (nSPS) is 12.2. The first-order chi connectivity index (χ1) is 8.16. The monoisotopic (exact) mass is 294 g/mol. The van der Waals surface area contributed by atoms with Crippen molar-refractivity contribution in [2.24, 2.45) is 0 Å². The summed E-state index contributed by atoms with van der Waals surface area (Å²) in [5, 5.41) is 3.28. The highest BCUT2D eigenvalue weighted by Crippen LogP contribution is 2.26. The van der Waals surface area contributed by atoms with Crippen LogP contribution in [0.3, 0.4) is 0 Å². The van der Waals surface area contributed by atoms with Crippen LogP contribution < -0.4 is 5.32 Å².